The third kappa shape index (κ3) is 3.96. The van der Waals surface area contributed by atoms with Gasteiger partial charge in [0, 0.05) is 0 Å². The molecule has 0 aliphatic carbocycles. The van der Waals surface area contributed by atoms with Gasteiger partial charge in [-0.1, -0.05) is 13.8 Å². The Bertz CT molecular complexity index is 23.1. The molecule has 1 saturated heterocycles. The van der Waals surface area contributed by atoms with Gasteiger partial charge < -0.3 is 4.74 Å². The predicted molar refractivity (Wildman–Crippen MR) is 26.8 cm³/mol. The number of rotatable bonds is 0. The van der Waals surface area contributed by atoms with Crippen molar-refractivity contribution in [2.75, 3.05) is 6.61 Å². The van der Waals surface area contributed by atoms with Gasteiger partial charge in [-0.05, 0) is 6.92 Å². The second-order valence-corrected chi connectivity index (χ2v) is 1.14. The molecule has 0 saturated carbocycles. The number of hydrogen-bond acceptors (Lipinski definition) is 1. The van der Waals surface area contributed by atoms with E-state index >= 15 is 0 Å². The third-order valence-corrected chi connectivity index (χ3v) is 0.500. The van der Waals surface area contributed by atoms with Crippen LogP contribution < -0.4 is 0 Å². The monoisotopic (exact) mass is 88.1 g/mol. The molecule has 1 aliphatic heterocycles. The van der Waals surface area contributed by atoms with E-state index in [-0.39, 0.29) is 0 Å². The first-order valence-corrected chi connectivity index (χ1v) is 2.51. The van der Waals surface area contributed by atoms with Crippen molar-refractivity contribution in [2.45, 2.75) is 26.9 Å². The SMILES string of the molecule is CC.CC1CO1. The van der Waals surface area contributed by atoms with Crippen LogP contribution in [0.5, 0.6) is 0 Å². The summed E-state index contributed by atoms with van der Waals surface area (Å²) in [6.07, 6.45) is 0.583. The van der Waals surface area contributed by atoms with Crippen LogP contribution in [0.1, 0.15) is 20.8 Å². The van der Waals surface area contributed by atoms with E-state index in [2.05, 4.69) is 6.92 Å². The largest absolute Gasteiger partial charge is 0.373 e. The van der Waals surface area contributed by atoms with Gasteiger partial charge in [0.2, 0.25) is 0 Å². The fourth-order valence-electron chi connectivity index (χ4n) is 0.0962. The minimum absolute atomic E-state index is 0.583. The average molecular weight is 88.2 g/mol. The van der Waals surface area contributed by atoms with Crippen molar-refractivity contribution in [3.8, 4) is 0 Å². The third-order valence-electron chi connectivity index (χ3n) is 0.500. The molecule has 0 aromatic carbocycles. The average Bonchev–Trinajstić information content (AvgIpc) is 2.30. The van der Waals surface area contributed by atoms with Gasteiger partial charge in [-0.15, -0.1) is 0 Å². The van der Waals surface area contributed by atoms with Gasteiger partial charge in [0.05, 0.1) is 12.7 Å². The van der Waals surface area contributed by atoms with Gasteiger partial charge in [-0.25, -0.2) is 0 Å². The zero-order valence-electron chi connectivity index (χ0n) is 4.69. The summed E-state index contributed by atoms with van der Waals surface area (Å²) in [7, 11) is 0. The summed E-state index contributed by atoms with van der Waals surface area (Å²) in [4.78, 5) is 0. The van der Waals surface area contributed by atoms with Crippen molar-refractivity contribution < 1.29 is 4.74 Å². The molecule has 6 heavy (non-hydrogen) atoms. The Kier molecular flexibility index (Phi) is 3.14. The molecule has 1 heterocycles. The van der Waals surface area contributed by atoms with Crippen molar-refractivity contribution in [1.29, 1.82) is 0 Å². The second kappa shape index (κ2) is 3.16. The van der Waals surface area contributed by atoms with Gasteiger partial charge in [-0.3, -0.25) is 0 Å². The lowest BCUT2D eigenvalue weighted by Crippen LogP contribution is -1.60. The Morgan fingerprint density at radius 1 is 1.50 bits per heavy atom. The molecule has 1 nitrogen and oxygen atoms in total. The molecule has 0 radical (unpaired) electrons. The molecule has 1 aliphatic rings. The molecule has 0 aromatic rings. The summed E-state index contributed by atoms with van der Waals surface area (Å²) < 4.78 is 4.71. The Morgan fingerprint density at radius 3 is 1.67 bits per heavy atom. The molecule has 1 unspecified atom stereocenters. The maximum atomic E-state index is 4.71. The molecule has 0 N–H and O–H groups in total. The lowest BCUT2D eigenvalue weighted by Gasteiger charge is -1.50. The van der Waals surface area contributed by atoms with Crippen LogP contribution in [-0.4, -0.2) is 12.7 Å². The van der Waals surface area contributed by atoms with Crippen molar-refractivity contribution in [3.05, 3.63) is 0 Å². The predicted octanol–water partition coefficient (Wildman–Crippen LogP) is 1.43. The zero-order valence-corrected chi connectivity index (χ0v) is 4.69. The molecular weight excluding hydrogens is 76.1 g/mol. The van der Waals surface area contributed by atoms with E-state index in [0.29, 0.717) is 6.10 Å². The van der Waals surface area contributed by atoms with Crippen LogP contribution in [-0.2, 0) is 4.74 Å². The van der Waals surface area contributed by atoms with Gasteiger partial charge in [-0.2, -0.15) is 0 Å². The molecule has 1 fully saturated rings. The Morgan fingerprint density at radius 2 is 1.67 bits per heavy atom. The lowest BCUT2D eigenvalue weighted by molar-refractivity contribution is 0.423. The highest BCUT2D eigenvalue weighted by Crippen LogP contribution is 2.04. The van der Waals surface area contributed by atoms with Crippen LogP contribution in [0.4, 0.5) is 0 Å². The molecule has 0 spiro atoms. The fraction of sp³-hybridized carbons (Fsp3) is 1.00. The van der Waals surface area contributed by atoms with E-state index < -0.39 is 0 Å². The van der Waals surface area contributed by atoms with Crippen molar-refractivity contribution in [2.24, 2.45) is 0 Å². The highest BCUT2D eigenvalue weighted by atomic mass is 16.6. The maximum absolute atomic E-state index is 4.71. The first kappa shape index (κ1) is 5.96. The quantitative estimate of drug-likeness (QED) is 0.408. The summed E-state index contributed by atoms with van der Waals surface area (Å²) in [5, 5.41) is 0. The summed E-state index contributed by atoms with van der Waals surface area (Å²) in [6.45, 7) is 7.04. The molecule has 1 atom stereocenters. The number of epoxide rings is 1. The Balaban J connectivity index is 0.000000112. The highest BCUT2D eigenvalue weighted by Gasteiger charge is 2.13. The standard InChI is InChI=1S/C3H6O.C2H6/c1-3-2-4-3;1-2/h3H,2H2,1H3;1-2H3. The van der Waals surface area contributed by atoms with Crippen LogP contribution in [0.25, 0.3) is 0 Å². The lowest BCUT2D eigenvalue weighted by atomic mass is 10.6. The fourth-order valence-corrected chi connectivity index (χ4v) is 0.0962. The number of hydrogen-bond donors (Lipinski definition) is 0. The summed E-state index contributed by atoms with van der Waals surface area (Å²) in [5.41, 5.74) is 0. The molecule has 38 valence electrons. The first-order valence-electron chi connectivity index (χ1n) is 2.51. The van der Waals surface area contributed by atoms with Crippen LogP contribution >= 0.6 is 0 Å². The van der Waals surface area contributed by atoms with Crippen LogP contribution in [0.15, 0.2) is 0 Å². The molecule has 1 heteroatoms. The van der Waals surface area contributed by atoms with Crippen LogP contribution in [0, 0.1) is 0 Å². The normalized spacial score (nSPS) is 27.5. The second-order valence-electron chi connectivity index (χ2n) is 1.14. The highest BCUT2D eigenvalue weighted by molar-refractivity contribution is 4.58. The van der Waals surface area contributed by atoms with E-state index in [1.54, 1.807) is 0 Å². The maximum Gasteiger partial charge on any atom is 0.0781 e. The van der Waals surface area contributed by atoms with Crippen LogP contribution in [0.3, 0.4) is 0 Å². The Hall–Kier alpha value is -0.0400. The smallest absolute Gasteiger partial charge is 0.0781 e. The van der Waals surface area contributed by atoms with Gasteiger partial charge >= 0.3 is 0 Å². The van der Waals surface area contributed by atoms with Crippen molar-refractivity contribution >= 4 is 0 Å². The van der Waals surface area contributed by atoms with E-state index in [1.807, 2.05) is 13.8 Å². The summed E-state index contributed by atoms with van der Waals surface area (Å²) >= 11 is 0. The summed E-state index contributed by atoms with van der Waals surface area (Å²) in [5.74, 6) is 0. The topological polar surface area (TPSA) is 12.5 Å². The minimum Gasteiger partial charge on any atom is -0.373 e. The number of ether oxygens (including phenoxy) is 1. The first-order chi connectivity index (χ1) is 2.89. The molecular formula is C5H12O. The Labute approximate surface area is 39.3 Å². The van der Waals surface area contributed by atoms with Gasteiger partial charge in [0.15, 0.2) is 0 Å². The summed E-state index contributed by atoms with van der Waals surface area (Å²) in [6, 6.07) is 0. The molecule has 0 amide bonds. The van der Waals surface area contributed by atoms with Crippen molar-refractivity contribution in [3.63, 3.8) is 0 Å². The van der Waals surface area contributed by atoms with E-state index in [4.69, 9.17) is 4.74 Å². The molecule has 0 bridgehead atoms. The van der Waals surface area contributed by atoms with Gasteiger partial charge in [0.1, 0.15) is 0 Å². The molecule has 1 rings (SSSR count). The van der Waals surface area contributed by atoms with E-state index in [0.717, 1.165) is 6.61 Å². The van der Waals surface area contributed by atoms with E-state index in [9.17, 15) is 0 Å². The zero-order chi connectivity index (χ0) is 4.99. The molecule has 0 aromatic heterocycles. The van der Waals surface area contributed by atoms with E-state index in [1.165, 1.54) is 0 Å². The van der Waals surface area contributed by atoms with Crippen molar-refractivity contribution in [1.82, 2.24) is 0 Å². The minimum atomic E-state index is 0.583. The van der Waals surface area contributed by atoms with Crippen LogP contribution in [0.2, 0.25) is 0 Å². The van der Waals surface area contributed by atoms with Gasteiger partial charge in [0.25, 0.3) is 0 Å².